The van der Waals surface area contributed by atoms with E-state index in [4.69, 9.17) is 11.6 Å². The zero-order chi connectivity index (χ0) is 14.3. The van der Waals surface area contributed by atoms with Crippen LogP contribution in [-0.2, 0) is 0 Å². The van der Waals surface area contributed by atoms with Crippen molar-refractivity contribution < 1.29 is 0 Å². The summed E-state index contributed by atoms with van der Waals surface area (Å²) in [5.41, 5.74) is 4.35. The molecular weight excluding hydrogens is 270 g/mol. The van der Waals surface area contributed by atoms with Gasteiger partial charge < -0.3 is 4.98 Å². The third-order valence-electron chi connectivity index (χ3n) is 3.67. The average Bonchev–Trinajstić information content (AvgIpc) is 2.47. The topological polar surface area (TPSA) is 32.9 Å². The number of aryl methyl sites for hydroxylation is 1. The van der Waals surface area contributed by atoms with Crippen molar-refractivity contribution in [2.24, 2.45) is 0 Å². The highest BCUT2D eigenvalue weighted by Crippen LogP contribution is 2.26. The van der Waals surface area contributed by atoms with E-state index < -0.39 is 0 Å². The van der Waals surface area contributed by atoms with Crippen molar-refractivity contribution in [3.8, 4) is 11.3 Å². The van der Waals surface area contributed by atoms with E-state index in [1.54, 1.807) is 12.1 Å². The van der Waals surface area contributed by atoms with Crippen LogP contribution in [0.25, 0.3) is 22.2 Å². The molecule has 1 N–H and O–H groups in total. The highest BCUT2D eigenvalue weighted by molar-refractivity contribution is 6.32. The molecule has 0 fully saturated rings. The lowest BCUT2D eigenvalue weighted by atomic mass is 10.0. The van der Waals surface area contributed by atoms with Crippen LogP contribution in [0.5, 0.6) is 0 Å². The lowest BCUT2D eigenvalue weighted by Crippen LogP contribution is -2.10. The van der Waals surface area contributed by atoms with E-state index in [2.05, 4.69) is 4.98 Å². The lowest BCUT2D eigenvalue weighted by molar-refractivity contribution is 1.28. The lowest BCUT2D eigenvalue weighted by Gasteiger charge is -2.11. The minimum absolute atomic E-state index is 0.0531. The third kappa shape index (κ3) is 1.93. The maximum atomic E-state index is 12.5. The molecule has 0 aliphatic carbocycles. The summed E-state index contributed by atoms with van der Waals surface area (Å²) in [5.74, 6) is 0. The molecule has 1 aromatic heterocycles. The molecule has 0 aliphatic heterocycles. The maximum Gasteiger partial charge on any atom is 0.192 e. The van der Waals surface area contributed by atoms with E-state index in [-0.39, 0.29) is 5.43 Å². The van der Waals surface area contributed by atoms with Gasteiger partial charge in [0.2, 0.25) is 0 Å². The van der Waals surface area contributed by atoms with Gasteiger partial charge in [-0.2, -0.15) is 0 Å². The van der Waals surface area contributed by atoms with Gasteiger partial charge in [0.05, 0.1) is 11.2 Å². The van der Waals surface area contributed by atoms with E-state index in [0.717, 1.165) is 27.9 Å². The number of halogens is 1. The molecule has 0 aliphatic rings. The molecule has 2 nitrogen and oxygen atoms in total. The Morgan fingerprint density at radius 3 is 2.35 bits per heavy atom. The molecule has 0 bridgehead atoms. The molecule has 3 heteroatoms. The molecule has 2 aromatic carbocycles. The molecule has 3 rings (SSSR count). The summed E-state index contributed by atoms with van der Waals surface area (Å²) in [6, 6.07) is 13.4. The highest BCUT2D eigenvalue weighted by Gasteiger charge is 2.12. The summed E-state index contributed by atoms with van der Waals surface area (Å²) < 4.78 is 0. The minimum atomic E-state index is 0.0531. The molecule has 0 amide bonds. The quantitative estimate of drug-likeness (QED) is 0.702. The molecule has 0 saturated heterocycles. The third-order valence-corrected chi connectivity index (χ3v) is 4.08. The molecular formula is C17H14ClNO. The molecule has 0 radical (unpaired) electrons. The fraction of sp³-hybridized carbons (Fsp3) is 0.118. The summed E-state index contributed by atoms with van der Waals surface area (Å²) in [4.78, 5) is 15.9. The summed E-state index contributed by atoms with van der Waals surface area (Å²) in [6.07, 6.45) is 0. The van der Waals surface area contributed by atoms with Crippen molar-refractivity contribution in [1.82, 2.24) is 4.98 Å². The summed E-state index contributed by atoms with van der Waals surface area (Å²) in [5, 5.41) is 1.35. The van der Waals surface area contributed by atoms with Crippen molar-refractivity contribution in [3.05, 3.63) is 68.8 Å². The molecule has 100 valence electrons. The molecule has 0 saturated carbocycles. The second-order valence-electron chi connectivity index (χ2n) is 4.92. The predicted octanol–water partition coefficient (Wildman–Crippen LogP) is 4.47. The Morgan fingerprint density at radius 2 is 1.65 bits per heavy atom. The number of fused-ring (bicyclic) bond motifs is 1. The normalized spacial score (nSPS) is 10.9. The predicted molar refractivity (Wildman–Crippen MR) is 84.5 cm³/mol. The van der Waals surface area contributed by atoms with Crippen LogP contribution in [0.15, 0.2) is 47.3 Å². The SMILES string of the molecule is Cc1c(-c2ccccc2)[nH]c2c(C)c(Cl)ccc2c1=O. The standard InChI is InChI=1S/C17H14ClNO/c1-10-14(18)9-8-13-16(10)19-15(11(2)17(13)20)12-6-4-3-5-7-12/h3-9H,1-2H3,(H,19,20). The number of H-pyrrole nitrogens is 1. The van der Waals surface area contributed by atoms with Gasteiger partial charge in [-0.05, 0) is 37.1 Å². The molecule has 0 atom stereocenters. The van der Waals surface area contributed by atoms with Crippen molar-refractivity contribution in [2.75, 3.05) is 0 Å². The van der Waals surface area contributed by atoms with Crippen LogP contribution in [0.3, 0.4) is 0 Å². The van der Waals surface area contributed by atoms with Crippen LogP contribution in [0, 0.1) is 13.8 Å². The Labute approximate surface area is 122 Å². The van der Waals surface area contributed by atoms with Gasteiger partial charge in [-0.25, -0.2) is 0 Å². The van der Waals surface area contributed by atoms with Crippen LogP contribution in [0.1, 0.15) is 11.1 Å². The summed E-state index contributed by atoms with van der Waals surface area (Å²) >= 11 is 6.16. The number of aromatic nitrogens is 1. The van der Waals surface area contributed by atoms with Crippen molar-refractivity contribution in [2.45, 2.75) is 13.8 Å². The van der Waals surface area contributed by atoms with Crippen LogP contribution in [-0.4, -0.2) is 4.98 Å². The van der Waals surface area contributed by atoms with Crippen molar-refractivity contribution in [3.63, 3.8) is 0 Å². The Balaban J connectivity index is 2.44. The van der Waals surface area contributed by atoms with Gasteiger partial charge >= 0.3 is 0 Å². The molecule has 20 heavy (non-hydrogen) atoms. The molecule has 1 heterocycles. The van der Waals surface area contributed by atoms with Gasteiger partial charge in [0, 0.05) is 16.0 Å². The van der Waals surface area contributed by atoms with E-state index in [1.165, 1.54) is 0 Å². The molecule has 0 unspecified atom stereocenters. The first kappa shape index (κ1) is 12.9. The van der Waals surface area contributed by atoms with Crippen molar-refractivity contribution in [1.29, 1.82) is 0 Å². The Kier molecular flexibility index (Phi) is 3.11. The second-order valence-corrected chi connectivity index (χ2v) is 5.32. The number of rotatable bonds is 1. The van der Waals surface area contributed by atoms with Crippen LogP contribution in [0.4, 0.5) is 0 Å². The van der Waals surface area contributed by atoms with Gasteiger partial charge in [0.1, 0.15) is 0 Å². The zero-order valence-electron chi connectivity index (χ0n) is 11.3. The number of hydrogen-bond donors (Lipinski definition) is 1. The molecule has 3 aromatic rings. The number of aromatic amines is 1. The Morgan fingerprint density at radius 1 is 0.950 bits per heavy atom. The Bertz CT molecular complexity index is 850. The first-order valence-electron chi connectivity index (χ1n) is 6.46. The zero-order valence-corrected chi connectivity index (χ0v) is 12.1. The number of nitrogens with one attached hydrogen (secondary N) is 1. The largest absolute Gasteiger partial charge is 0.354 e. The summed E-state index contributed by atoms with van der Waals surface area (Å²) in [7, 11) is 0. The number of pyridine rings is 1. The van der Waals surface area contributed by atoms with Crippen LogP contribution < -0.4 is 5.43 Å². The second kappa shape index (κ2) is 4.80. The first-order chi connectivity index (χ1) is 9.59. The van der Waals surface area contributed by atoms with Gasteiger partial charge in [-0.3, -0.25) is 4.79 Å². The smallest absolute Gasteiger partial charge is 0.192 e. The van der Waals surface area contributed by atoms with Crippen molar-refractivity contribution >= 4 is 22.5 Å². The van der Waals surface area contributed by atoms with Gasteiger partial charge in [0.15, 0.2) is 5.43 Å². The highest BCUT2D eigenvalue weighted by atomic mass is 35.5. The Hall–Kier alpha value is -2.06. The number of benzene rings is 2. The van der Waals surface area contributed by atoms with Crippen LogP contribution >= 0.6 is 11.6 Å². The fourth-order valence-corrected chi connectivity index (χ4v) is 2.62. The minimum Gasteiger partial charge on any atom is -0.354 e. The van der Waals surface area contributed by atoms with E-state index in [0.29, 0.717) is 10.4 Å². The summed E-state index contributed by atoms with van der Waals surface area (Å²) in [6.45, 7) is 3.77. The van der Waals surface area contributed by atoms with E-state index in [1.807, 2.05) is 44.2 Å². The fourth-order valence-electron chi connectivity index (χ4n) is 2.46. The average molecular weight is 284 g/mol. The van der Waals surface area contributed by atoms with E-state index in [9.17, 15) is 4.79 Å². The maximum absolute atomic E-state index is 12.5. The molecule has 0 spiro atoms. The van der Waals surface area contributed by atoms with Gasteiger partial charge in [-0.15, -0.1) is 0 Å². The first-order valence-corrected chi connectivity index (χ1v) is 6.84. The van der Waals surface area contributed by atoms with Crippen LogP contribution in [0.2, 0.25) is 5.02 Å². The number of hydrogen-bond acceptors (Lipinski definition) is 1. The van der Waals surface area contributed by atoms with E-state index >= 15 is 0 Å². The monoisotopic (exact) mass is 283 g/mol. The van der Waals surface area contributed by atoms with Gasteiger partial charge in [0.25, 0.3) is 0 Å². The van der Waals surface area contributed by atoms with Gasteiger partial charge in [-0.1, -0.05) is 41.9 Å².